The van der Waals surface area contributed by atoms with Crippen molar-refractivity contribution in [2.24, 2.45) is 0 Å². The summed E-state index contributed by atoms with van der Waals surface area (Å²) in [7, 11) is 0. The molecule has 1 fully saturated rings. The number of nitrogens with one attached hydrogen (secondary N) is 1. The van der Waals surface area contributed by atoms with E-state index in [-0.39, 0.29) is 0 Å². The van der Waals surface area contributed by atoms with Gasteiger partial charge in [-0.05, 0) is 44.0 Å². The summed E-state index contributed by atoms with van der Waals surface area (Å²) < 4.78 is 2.20. The molecular formula is C17H23N3. The summed E-state index contributed by atoms with van der Waals surface area (Å²) in [6.45, 7) is 5.41. The topological polar surface area (TPSA) is 29.9 Å². The molecule has 0 spiro atoms. The monoisotopic (exact) mass is 269 g/mol. The van der Waals surface area contributed by atoms with Crippen molar-refractivity contribution in [3.8, 4) is 0 Å². The quantitative estimate of drug-likeness (QED) is 0.925. The number of hydrogen-bond donors (Lipinski definition) is 1. The highest BCUT2D eigenvalue weighted by molar-refractivity contribution is 5.30. The second kappa shape index (κ2) is 6.23. The van der Waals surface area contributed by atoms with Crippen molar-refractivity contribution < 1.29 is 0 Å². The van der Waals surface area contributed by atoms with Crippen LogP contribution in [0, 0.1) is 0 Å². The first kappa shape index (κ1) is 13.4. The van der Waals surface area contributed by atoms with E-state index in [1.54, 1.807) is 0 Å². The second-order valence-electron chi connectivity index (χ2n) is 5.56. The third-order valence-corrected chi connectivity index (χ3v) is 4.22. The van der Waals surface area contributed by atoms with Crippen LogP contribution >= 0.6 is 0 Å². The predicted molar refractivity (Wildman–Crippen MR) is 82.0 cm³/mol. The number of aromatic nitrogens is 2. The molecule has 2 heterocycles. The van der Waals surface area contributed by atoms with E-state index in [1.807, 2.05) is 0 Å². The van der Waals surface area contributed by atoms with Gasteiger partial charge in [0.1, 0.15) is 0 Å². The predicted octanol–water partition coefficient (Wildman–Crippen LogP) is 2.96. The van der Waals surface area contributed by atoms with Crippen molar-refractivity contribution in [2.75, 3.05) is 13.1 Å². The number of nitrogens with zero attached hydrogens (tertiary/aromatic N) is 2. The Morgan fingerprint density at radius 3 is 2.65 bits per heavy atom. The molecule has 0 amide bonds. The van der Waals surface area contributed by atoms with E-state index in [9.17, 15) is 0 Å². The summed E-state index contributed by atoms with van der Waals surface area (Å²) in [5.74, 6) is 0.664. The Kier molecular flexibility index (Phi) is 4.16. The lowest BCUT2D eigenvalue weighted by Crippen LogP contribution is -2.28. The van der Waals surface area contributed by atoms with Crippen molar-refractivity contribution in [3.05, 3.63) is 53.3 Å². The highest BCUT2D eigenvalue weighted by Gasteiger charge is 2.22. The van der Waals surface area contributed by atoms with E-state index in [1.165, 1.54) is 29.7 Å². The van der Waals surface area contributed by atoms with Crippen LogP contribution in [0.1, 0.15) is 42.5 Å². The molecule has 3 rings (SSSR count). The first-order valence-electron chi connectivity index (χ1n) is 7.67. The van der Waals surface area contributed by atoms with E-state index < -0.39 is 0 Å². The van der Waals surface area contributed by atoms with Crippen LogP contribution in [0.15, 0.2) is 36.5 Å². The van der Waals surface area contributed by atoms with Crippen molar-refractivity contribution in [1.29, 1.82) is 0 Å². The molecule has 1 aliphatic heterocycles. The van der Waals surface area contributed by atoms with Crippen LogP contribution in [0.5, 0.6) is 0 Å². The average molecular weight is 269 g/mol. The van der Waals surface area contributed by atoms with Gasteiger partial charge in [0.15, 0.2) is 0 Å². The Labute approximate surface area is 121 Å². The fraction of sp³-hybridized carbons (Fsp3) is 0.471. The fourth-order valence-corrected chi connectivity index (χ4v) is 3.21. The van der Waals surface area contributed by atoms with Gasteiger partial charge in [-0.25, -0.2) is 0 Å². The molecule has 3 heteroatoms. The minimum Gasteiger partial charge on any atom is -0.317 e. The Balaban J connectivity index is 1.88. The van der Waals surface area contributed by atoms with Crippen molar-refractivity contribution >= 4 is 0 Å². The normalized spacial score (nSPS) is 16.4. The Morgan fingerprint density at radius 2 is 1.95 bits per heavy atom. The SMILES string of the molecule is CCn1ncc(Cc2ccccc2)c1C1CCNCC1. The van der Waals surface area contributed by atoms with Crippen LogP contribution in [0.4, 0.5) is 0 Å². The molecule has 1 aromatic carbocycles. The van der Waals surface area contributed by atoms with Gasteiger partial charge in [0.05, 0.1) is 6.20 Å². The van der Waals surface area contributed by atoms with Crippen LogP contribution in [0.25, 0.3) is 0 Å². The lowest BCUT2D eigenvalue weighted by atomic mass is 9.90. The van der Waals surface area contributed by atoms with E-state index in [4.69, 9.17) is 0 Å². The molecule has 1 aromatic heterocycles. The molecule has 0 unspecified atom stereocenters. The van der Waals surface area contributed by atoms with Gasteiger partial charge in [0.2, 0.25) is 0 Å². The van der Waals surface area contributed by atoms with Crippen LogP contribution < -0.4 is 5.32 Å². The lowest BCUT2D eigenvalue weighted by molar-refractivity contribution is 0.430. The zero-order valence-electron chi connectivity index (χ0n) is 12.2. The molecule has 3 nitrogen and oxygen atoms in total. The van der Waals surface area contributed by atoms with Crippen molar-refractivity contribution in [2.45, 2.75) is 38.6 Å². The van der Waals surface area contributed by atoms with E-state index in [0.29, 0.717) is 5.92 Å². The minimum absolute atomic E-state index is 0.664. The molecule has 20 heavy (non-hydrogen) atoms. The highest BCUT2D eigenvalue weighted by Crippen LogP contribution is 2.29. The summed E-state index contributed by atoms with van der Waals surface area (Å²) in [6, 6.07) is 10.7. The minimum atomic E-state index is 0.664. The van der Waals surface area contributed by atoms with E-state index in [0.717, 1.165) is 26.1 Å². The molecule has 0 aliphatic carbocycles. The highest BCUT2D eigenvalue weighted by atomic mass is 15.3. The molecule has 1 saturated heterocycles. The largest absolute Gasteiger partial charge is 0.317 e. The van der Waals surface area contributed by atoms with Crippen molar-refractivity contribution in [1.82, 2.24) is 15.1 Å². The molecule has 0 radical (unpaired) electrons. The van der Waals surface area contributed by atoms with Crippen LogP contribution in [-0.4, -0.2) is 22.9 Å². The summed E-state index contributed by atoms with van der Waals surface area (Å²) in [4.78, 5) is 0. The first-order valence-corrected chi connectivity index (χ1v) is 7.67. The van der Waals surface area contributed by atoms with Crippen LogP contribution in [0.2, 0.25) is 0 Å². The summed E-state index contributed by atoms with van der Waals surface area (Å²) in [6.07, 6.45) is 5.54. The van der Waals surface area contributed by atoms with Gasteiger partial charge >= 0.3 is 0 Å². The number of piperidine rings is 1. The third kappa shape index (κ3) is 2.78. The zero-order chi connectivity index (χ0) is 13.8. The van der Waals surface area contributed by atoms with E-state index in [2.05, 4.69) is 58.5 Å². The van der Waals surface area contributed by atoms with Gasteiger partial charge in [-0.2, -0.15) is 5.10 Å². The molecule has 0 bridgehead atoms. The fourth-order valence-electron chi connectivity index (χ4n) is 3.21. The summed E-state index contributed by atoms with van der Waals surface area (Å²) in [5.41, 5.74) is 4.25. The standard InChI is InChI=1S/C17H23N3/c1-2-20-17(15-8-10-18-11-9-15)16(13-19-20)12-14-6-4-3-5-7-14/h3-7,13,15,18H,2,8-12H2,1H3. The van der Waals surface area contributed by atoms with Gasteiger partial charge in [-0.15, -0.1) is 0 Å². The molecule has 1 aliphatic rings. The first-order chi connectivity index (χ1) is 9.88. The zero-order valence-corrected chi connectivity index (χ0v) is 12.2. The molecular weight excluding hydrogens is 246 g/mol. The van der Waals surface area contributed by atoms with Crippen LogP contribution in [-0.2, 0) is 13.0 Å². The average Bonchev–Trinajstić information content (AvgIpc) is 2.92. The number of rotatable bonds is 4. The molecule has 1 N–H and O–H groups in total. The maximum Gasteiger partial charge on any atom is 0.0528 e. The number of benzene rings is 1. The summed E-state index contributed by atoms with van der Waals surface area (Å²) >= 11 is 0. The maximum absolute atomic E-state index is 4.60. The van der Waals surface area contributed by atoms with E-state index >= 15 is 0 Å². The lowest BCUT2D eigenvalue weighted by Gasteiger charge is -2.24. The second-order valence-corrected chi connectivity index (χ2v) is 5.56. The van der Waals surface area contributed by atoms with Gasteiger partial charge < -0.3 is 5.32 Å². The molecule has 106 valence electrons. The molecule has 0 atom stereocenters. The van der Waals surface area contributed by atoms with Gasteiger partial charge in [-0.1, -0.05) is 30.3 Å². The Hall–Kier alpha value is -1.61. The van der Waals surface area contributed by atoms with Gasteiger partial charge in [0.25, 0.3) is 0 Å². The summed E-state index contributed by atoms with van der Waals surface area (Å²) in [5, 5.41) is 8.06. The Bertz CT molecular complexity index is 539. The molecule has 0 saturated carbocycles. The Morgan fingerprint density at radius 1 is 1.20 bits per heavy atom. The maximum atomic E-state index is 4.60. The number of aryl methyl sites for hydroxylation is 1. The number of hydrogen-bond acceptors (Lipinski definition) is 2. The van der Waals surface area contributed by atoms with Crippen molar-refractivity contribution in [3.63, 3.8) is 0 Å². The third-order valence-electron chi connectivity index (χ3n) is 4.22. The van der Waals surface area contributed by atoms with Gasteiger partial charge in [-0.3, -0.25) is 4.68 Å². The molecule has 2 aromatic rings. The van der Waals surface area contributed by atoms with Crippen LogP contribution in [0.3, 0.4) is 0 Å². The smallest absolute Gasteiger partial charge is 0.0528 e. The van der Waals surface area contributed by atoms with Gasteiger partial charge in [0, 0.05) is 24.6 Å².